The van der Waals surface area contributed by atoms with E-state index in [1.54, 1.807) is 0 Å². The monoisotopic (exact) mass is 896 g/mol. The molecule has 0 aromatic carbocycles. The first kappa shape index (κ1) is 48.9. The number of aliphatic hydroxyl groups excluding tert-OH is 12. The molecule has 3 heterocycles. The molecule has 0 bridgehead atoms. The minimum absolute atomic E-state index is 0.0369. The minimum Gasteiger partial charge on any atom is -0.481 e. The van der Waals surface area contributed by atoms with Gasteiger partial charge in [-0.15, -0.1) is 0 Å². The van der Waals surface area contributed by atoms with E-state index in [1.165, 1.54) is 6.08 Å². The molecular formula is C39H60O23. The second-order valence-corrected chi connectivity index (χ2v) is 17.3. The third-order valence-corrected chi connectivity index (χ3v) is 12.9. The first-order chi connectivity index (χ1) is 29.3. The van der Waals surface area contributed by atoms with Crippen LogP contribution in [0.1, 0.15) is 57.8 Å². The number of carbonyl (C=O) groups excluding carboxylic acids is 2. The summed E-state index contributed by atoms with van der Waals surface area (Å²) in [5.74, 6) is -5.11. The van der Waals surface area contributed by atoms with Gasteiger partial charge in [-0.2, -0.15) is 0 Å². The molecule has 0 spiro atoms. The second kappa shape index (κ2) is 21.2. The number of rotatable bonds is 13. The Morgan fingerprint density at radius 2 is 1.15 bits per heavy atom. The second-order valence-electron chi connectivity index (χ2n) is 17.3. The molecule has 3 saturated heterocycles. The Morgan fingerprint density at radius 3 is 1.73 bits per heavy atom. The van der Waals surface area contributed by atoms with Gasteiger partial charge in [0.15, 0.2) is 12.6 Å². The molecule has 354 valence electrons. The van der Waals surface area contributed by atoms with Gasteiger partial charge >= 0.3 is 17.9 Å². The number of aliphatic carboxylic acids is 1. The Morgan fingerprint density at radius 1 is 0.565 bits per heavy atom. The van der Waals surface area contributed by atoms with Crippen molar-refractivity contribution in [2.45, 2.75) is 180 Å². The average molecular weight is 897 g/mol. The van der Waals surface area contributed by atoms with Crippen LogP contribution in [0.25, 0.3) is 0 Å². The summed E-state index contributed by atoms with van der Waals surface area (Å²) >= 11 is 0. The molecule has 23 heteroatoms. The van der Waals surface area contributed by atoms with Crippen LogP contribution in [0.2, 0.25) is 0 Å². The number of carboxylic acids is 1. The van der Waals surface area contributed by atoms with Crippen molar-refractivity contribution in [1.29, 1.82) is 0 Å². The van der Waals surface area contributed by atoms with Crippen LogP contribution in [-0.2, 0) is 47.5 Å². The van der Waals surface area contributed by atoms with Gasteiger partial charge in [0.25, 0.3) is 0 Å². The van der Waals surface area contributed by atoms with E-state index < -0.39 is 172 Å². The van der Waals surface area contributed by atoms with Gasteiger partial charge in [-0.1, -0.05) is 6.08 Å². The molecule has 21 unspecified atom stereocenters. The van der Waals surface area contributed by atoms with Crippen molar-refractivity contribution in [3.8, 4) is 0 Å². The highest BCUT2D eigenvalue weighted by molar-refractivity contribution is 5.90. The van der Waals surface area contributed by atoms with Gasteiger partial charge in [-0.3, -0.25) is 9.59 Å². The molecule has 21 atom stereocenters. The van der Waals surface area contributed by atoms with E-state index >= 15 is 0 Å². The Labute approximate surface area is 354 Å². The molecule has 0 amide bonds. The summed E-state index contributed by atoms with van der Waals surface area (Å²) in [6, 6.07) is 0. The Balaban J connectivity index is 1.17. The smallest absolute Gasteiger partial charge is 0.330 e. The molecule has 3 aliphatic carbocycles. The SMILES string of the molecule is O=C(O)CC(=O)OCC1OC(OC2CC(O)CC3OC(C4CC(O)C(O)C(O)C4)C(OC4OC(COC(=O)C=CC5CCC(O)C(O)C5)C(O)C(O)C4O)CC23)C(O)C(O)C1O. The van der Waals surface area contributed by atoms with E-state index in [-0.39, 0.29) is 44.4 Å². The molecule has 6 aliphatic rings. The number of fused-ring (bicyclic) bond motifs is 1. The van der Waals surface area contributed by atoms with Crippen LogP contribution in [0.15, 0.2) is 12.2 Å². The standard InChI is InChI=1S/C39H60O23/c40-16-8-22-17(23(9-16)59-38-35(54)33(52)32(51)26(61-38)13-57-29(48)11-27(45)46)10-24(37(58-22)15-6-20(43)30(49)21(44)7-15)60-39-36(55)34(53)31(50)25(62-39)12-56-28(47)4-2-14-1-3-18(41)19(42)5-14/h2,4,14-26,30-44,49-55H,1,3,5-13H2,(H,45,46). The van der Waals surface area contributed by atoms with Crippen molar-refractivity contribution < 1.29 is 114 Å². The number of esters is 2. The molecule has 13 N–H and O–H groups in total. The molecule has 3 aliphatic heterocycles. The van der Waals surface area contributed by atoms with Gasteiger partial charge in [0.05, 0.1) is 54.9 Å². The van der Waals surface area contributed by atoms with Crippen molar-refractivity contribution >= 4 is 17.9 Å². The van der Waals surface area contributed by atoms with Gasteiger partial charge in [-0.25, -0.2) is 4.79 Å². The maximum atomic E-state index is 12.6. The lowest BCUT2D eigenvalue weighted by atomic mass is 9.72. The summed E-state index contributed by atoms with van der Waals surface area (Å²) in [6.45, 7) is -1.32. The van der Waals surface area contributed by atoms with E-state index in [9.17, 15) is 75.7 Å². The van der Waals surface area contributed by atoms with Crippen LogP contribution in [-0.4, -0.2) is 220 Å². The highest BCUT2D eigenvalue weighted by Gasteiger charge is 2.55. The molecule has 6 fully saturated rings. The molecule has 3 saturated carbocycles. The summed E-state index contributed by atoms with van der Waals surface area (Å²) in [7, 11) is 0. The zero-order chi connectivity index (χ0) is 45.2. The molecule has 23 nitrogen and oxygen atoms in total. The zero-order valence-electron chi connectivity index (χ0n) is 33.6. The van der Waals surface area contributed by atoms with E-state index in [2.05, 4.69) is 0 Å². The minimum atomic E-state index is -1.89. The van der Waals surface area contributed by atoms with Gasteiger partial charge in [0.1, 0.15) is 74.6 Å². The molecule has 0 aromatic heterocycles. The fraction of sp³-hybridized carbons (Fsp3) is 0.872. The number of hydrogen-bond acceptors (Lipinski definition) is 22. The molecule has 62 heavy (non-hydrogen) atoms. The number of carbonyl (C=O) groups is 3. The first-order valence-electron chi connectivity index (χ1n) is 21.0. The lowest BCUT2D eigenvalue weighted by Crippen LogP contribution is -2.63. The predicted molar refractivity (Wildman–Crippen MR) is 199 cm³/mol. The lowest BCUT2D eigenvalue weighted by molar-refractivity contribution is -0.345. The van der Waals surface area contributed by atoms with Crippen LogP contribution in [0, 0.1) is 17.8 Å². The third kappa shape index (κ3) is 11.6. The fourth-order valence-electron chi connectivity index (χ4n) is 9.39. The maximum Gasteiger partial charge on any atom is 0.330 e. The number of carboxylic acid groups (broad SMARTS) is 1. The number of allylic oxidation sites excluding steroid dienone is 1. The van der Waals surface area contributed by atoms with Gasteiger partial charge < -0.3 is 99.5 Å². The van der Waals surface area contributed by atoms with Crippen LogP contribution >= 0.6 is 0 Å². The van der Waals surface area contributed by atoms with Crippen molar-refractivity contribution in [3.63, 3.8) is 0 Å². The van der Waals surface area contributed by atoms with Crippen molar-refractivity contribution in [2.24, 2.45) is 17.8 Å². The Kier molecular flexibility index (Phi) is 16.7. The highest BCUT2D eigenvalue weighted by atomic mass is 16.7. The zero-order valence-corrected chi connectivity index (χ0v) is 33.6. The number of hydrogen-bond donors (Lipinski definition) is 13. The van der Waals surface area contributed by atoms with Crippen LogP contribution < -0.4 is 0 Å². The van der Waals surface area contributed by atoms with Crippen LogP contribution in [0.5, 0.6) is 0 Å². The molecule has 0 radical (unpaired) electrons. The summed E-state index contributed by atoms with van der Waals surface area (Å²) in [5.41, 5.74) is 0. The van der Waals surface area contributed by atoms with Gasteiger partial charge in [-0.05, 0) is 56.8 Å². The number of ether oxygens (including phenoxy) is 7. The Bertz CT molecular complexity index is 1520. The van der Waals surface area contributed by atoms with E-state index in [1.807, 2.05) is 0 Å². The summed E-state index contributed by atoms with van der Waals surface area (Å²) in [6.07, 6.45) is -26.0. The van der Waals surface area contributed by atoms with E-state index in [4.69, 9.17) is 38.3 Å². The summed E-state index contributed by atoms with van der Waals surface area (Å²) in [5, 5.41) is 136. The quantitative estimate of drug-likeness (QED) is 0.0466. The highest BCUT2D eigenvalue weighted by Crippen LogP contribution is 2.45. The van der Waals surface area contributed by atoms with E-state index in [0.717, 1.165) is 6.08 Å². The summed E-state index contributed by atoms with van der Waals surface area (Å²) < 4.78 is 40.7. The van der Waals surface area contributed by atoms with Gasteiger partial charge in [0.2, 0.25) is 0 Å². The molecule has 0 aromatic rings. The fourth-order valence-corrected chi connectivity index (χ4v) is 9.39. The molecule has 6 rings (SSSR count). The van der Waals surface area contributed by atoms with Crippen molar-refractivity contribution in [3.05, 3.63) is 12.2 Å². The number of aliphatic hydroxyl groups is 12. The largest absolute Gasteiger partial charge is 0.481 e. The average Bonchev–Trinajstić information content (AvgIpc) is 3.22. The third-order valence-electron chi connectivity index (χ3n) is 12.9. The maximum absolute atomic E-state index is 12.6. The van der Waals surface area contributed by atoms with Crippen molar-refractivity contribution in [2.75, 3.05) is 13.2 Å². The Hall–Kier alpha value is -2.53. The van der Waals surface area contributed by atoms with Gasteiger partial charge in [0, 0.05) is 18.4 Å². The van der Waals surface area contributed by atoms with Crippen molar-refractivity contribution in [1.82, 2.24) is 0 Å². The van der Waals surface area contributed by atoms with E-state index in [0.29, 0.717) is 12.8 Å². The summed E-state index contributed by atoms with van der Waals surface area (Å²) in [4.78, 5) is 35.4. The first-order valence-corrected chi connectivity index (χ1v) is 21.0. The predicted octanol–water partition coefficient (Wildman–Crippen LogP) is -5.57. The topological polar surface area (TPSA) is 379 Å². The van der Waals surface area contributed by atoms with Crippen LogP contribution in [0.3, 0.4) is 0 Å². The lowest BCUT2D eigenvalue weighted by Gasteiger charge is -2.52. The normalized spacial score (nSPS) is 47.6. The van der Waals surface area contributed by atoms with Crippen LogP contribution in [0.4, 0.5) is 0 Å². The molecular weight excluding hydrogens is 836 g/mol.